The molecule has 3 N–H and O–H groups in total. The molecule has 2 rings (SSSR count). The molecule has 0 atom stereocenters. The minimum atomic E-state index is 0.0972. The van der Waals surface area contributed by atoms with E-state index in [0.717, 1.165) is 17.1 Å². The fourth-order valence-corrected chi connectivity index (χ4v) is 1.86. The number of hydrogen-bond donors (Lipinski definition) is 2. The Hall–Kier alpha value is -2.04. The largest absolute Gasteiger partial charge is 0.492 e. The third-order valence-corrected chi connectivity index (χ3v) is 2.77. The fraction of sp³-hybridized carbons (Fsp3) is 0.250. The first-order valence-corrected chi connectivity index (χ1v) is 6.63. The Morgan fingerprint density at radius 1 is 1.00 bits per heavy atom. The first-order chi connectivity index (χ1) is 9.83. The molecular weight excluding hydrogens is 254 g/mol. The molecule has 0 heterocycles. The number of ether oxygens (including phenoxy) is 2. The van der Waals surface area contributed by atoms with Crippen molar-refractivity contribution in [3.05, 3.63) is 54.1 Å². The van der Waals surface area contributed by atoms with Crippen LogP contribution in [0.4, 0.5) is 0 Å². The molecule has 0 amide bonds. The zero-order chi connectivity index (χ0) is 14.2. The van der Waals surface area contributed by atoms with Crippen molar-refractivity contribution in [2.45, 2.75) is 6.42 Å². The number of nitrogens with two attached hydrogens (primary N) is 1. The Bertz CT molecular complexity index is 543. The van der Waals surface area contributed by atoms with Crippen LogP contribution < -0.4 is 15.2 Å². The van der Waals surface area contributed by atoms with Gasteiger partial charge in [-0.3, -0.25) is 0 Å². The minimum absolute atomic E-state index is 0.0972. The van der Waals surface area contributed by atoms with Gasteiger partial charge < -0.3 is 20.3 Å². The van der Waals surface area contributed by atoms with E-state index in [1.165, 1.54) is 0 Å². The van der Waals surface area contributed by atoms with E-state index < -0.39 is 0 Å². The molecule has 106 valence electrons. The lowest BCUT2D eigenvalue weighted by atomic mass is 10.1. The molecule has 0 saturated heterocycles. The quantitative estimate of drug-likeness (QED) is 0.812. The van der Waals surface area contributed by atoms with Crippen LogP contribution in [0.3, 0.4) is 0 Å². The molecule has 0 saturated carbocycles. The van der Waals surface area contributed by atoms with Crippen molar-refractivity contribution < 1.29 is 14.6 Å². The number of benzene rings is 2. The molecule has 2 aromatic rings. The average molecular weight is 273 g/mol. The van der Waals surface area contributed by atoms with Gasteiger partial charge in [0.25, 0.3) is 0 Å². The van der Waals surface area contributed by atoms with Gasteiger partial charge in [-0.15, -0.1) is 0 Å². The normalized spacial score (nSPS) is 10.3. The van der Waals surface area contributed by atoms with E-state index in [-0.39, 0.29) is 6.61 Å². The van der Waals surface area contributed by atoms with Crippen LogP contribution in [-0.2, 0) is 6.42 Å². The van der Waals surface area contributed by atoms with Crippen molar-refractivity contribution in [1.82, 2.24) is 0 Å². The Kier molecular flexibility index (Phi) is 5.41. The van der Waals surface area contributed by atoms with E-state index in [9.17, 15) is 0 Å². The van der Waals surface area contributed by atoms with Crippen molar-refractivity contribution in [3.8, 4) is 17.2 Å². The van der Waals surface area contributed by atoms with Gasteiger partial charge in [0.1, 0.15) is 23.9 Å². The zero-order valence-corrected chi connectivity index (χ0v) is 11.3. The van der Waals surface area contributed by atoms with Gasteiger partial charge in [-0.2, -0.15) is 0 Å². The van der Waals surface area contributed by atoms with Crippen LogP contribution in [-0.4, -0.2) is 24.9 Å². The molecule has 4 nitrogen and oxygen atoms in total. The second-order valence-electron chi connectivity index (χ2n) is 4.30. The second-order valence-corrected chi connectivity index (χ2v) is 4.30. The first-order valence-electron chi connectivity index (χ1n) is 6.63. The summed E-state index contributed by atoms with van der Waals surface area (Å²) in [5, 5.41) is 9.06. The van der Waals surface area contributed by atoms with Gasteiger partial charge >= 0.3 is 0 Å². The van der Waals surface area contributed by atoms with Crippen molar-refractivity contribution in [1.29, 1.82) is 0 Å². The topological polar surface area (TPSA) is 64.7 Å². The molecule has 0 bridgehead atoms. The lowest BCUT2D eigenvalue weighted by molar-refractivity contribution is 0.297. The molecule has 0 aliphatic carbocycles. The number of hydrogen-bond acceptors (Lipinski definition) is 4. The molecule has 0 aliphatic heterocycles. The summed E-state index contributed by atoms with van der Waals surface area (Å²) in [6.45, 7) is 1.05. The molecule has 0 spiro atoms. The summed E-state index contributed by atoms with van der Waals surface area (Å²) >= 11 is 0. The lowest BCUT2D eigenvalue weighted by Crippen LogP contribution is -2.10. The minimum Gasteiger partial charge on any atom is -0.492 e. The zero-order valence-electron chi connectivity index (χ0n) is 11.3. The van der Waals surface area contributed by atoms with E-state index in [1.54, 1.807) is 0 Å². The SMILES string of the molecule is NCCOc1cccc(Oc2ccccc2CCO)c1. The Morgan fingerprint density at radius 3 is 2.60 bits per heavy atom. The summed E-state index contributed by atoms with van der Waals surface area (Å²) < 4.78 is 11.3. The molecule has 0 aliphatic rings. The summed E-state index contributed by atoms with van der Waals surface area (Å²) in [5.41, 5.74) is 6.39. The van der Waals surface area contributed by atoms with E-state index in [1.807, 2.05) is 48.5 Å². The lowest BCUT2D eigenvalue weighted by Gasteiger charge is -2.11. The highest BCUT2D eigenvalue weighted by Gasteiger charge is 2.05. The van der Waals surface area contributed by atoms with E-state index >= 15 is 0 Å². The highest BCUT2D eigenvalue weighted by atomic mass is 16.5. The van der Waals surface area contributed by atoms with Crippen LogP contribution in [0.25, 0.3) is 0 Å². The second kappa shape index (κ2) is 7.53. The predicted octanol–water partition coefficient (Wildman–Crippen LogP) is 2.35. The summed E-state index contributed by atoms with van der Waals surface area (Å²) in [6, 6.07) is 15.1. The summed E-state index contributed by atoms with van der Waals surface area (Å²) in [7, 11) is 0. The van der Waals surface area contributed by atoms with Gasteiger partial charge in [0.2, 0.25) is 0 Å². The summed E-state index contributed by atoms with van der Waals surface area (Å²) in [5.74, 6) is 2.18. The Morgan fingerprint density at radius 2 is 1.80 bits per heavy atom. The molecule has 2 aromatic carbocycles. The van der Waals surface area contributed by atoms with Crippen molar-refractivity contribution >= 4 is 0 Å². The third kappa shape index (κ3) is 3.98. The smallest absolute Gasteiger partial charge is 0.131 e. The van der Waals surface area contributed by atoms with Crippen molar-refractivity contribution in [3.63, 3.8) is 0 Å². The van der Waals surface area contributed by atoms with Crippen LogP contribution >= 0.6 is 0 Å². The molecule has 0 aromatic heterocycles. The molecule has 0 unspecified atom stereocenters. The number of rotatable bonds is 7. The Balaban J connectivity index is 2.13. The Labute approximate surface area is 118 Å². The van der Waals surface area contributed by atoms with E-state index in [2.05, 4.69) is 0 Å². The molecule has 0 radical (unpaired) electrons. The third-order valence-electron chi connectivity index (χ3n) is 2.77. The fourth-order valence-electron chi connectivity index (χ4n) is 1.86. The number of aliphatic hydroxyl groups is 1. The number of para-hydroxylation sites is 1. The number of aliphatic hydroxyl groups excluding tert-OH is 1. The van der Waals surface area contributed by atoms with Gasteiger partial charge in [0.05, 0.1) is 0 Å². The molecule has 0 fully saturated rings. The van der Waals surface area contributed by atoms with Crippen LogP contribution in [0.2, 0.25) is 0 Å². The van der Waals surface area contributed by atoms with Crippen LogP contribution in [0, 0.1) is 0 Å². The maximum atomic E-state index is 9.06. The van der Waals surface area contributed by atoms with Gasteiger partial charge in [-0.05, 0) is 30.2 Å². The maximum Gasteiger partial charge on any atom is 0.131 e. The first kappa shape index (κ1) is 14.4. The highest BCUT2D eigenvalue weighted by molar-refractivity contribution is 5.40. The van der Waals surface area contributed by atoms with Crippen molar-refractivity contribution in [2.75, 3.05) is 19.8 Å². The summed E-state index contributed by atoms with van der Waals surface area (Å²) in [4.78, 5) is 0. The molecule has 20 heavy (non-hydrogen) atoms. The van der Waals surface area contributed by atoms with Gasteiger partial charge in [0, 0.05) is 19.2 Å². The highest BCUT2D eigenvalue weighted by Crippen LogP contribution is 2.28. The van der Waals surface area contributed by atoms with Crippen LogP contribution in [0.1, 0.15) is 5.56 Å². The standard InChI is InChI=1S/C16H19NO3/c17-9-11-19-14-5-3-6-15(12-14)20-16-7-2-1-4-13(16)8-10-18/h1-7,12,18H,8-11,17H2. The summed E-state index contributed by atoms with van der Waals surface area (Å²) in [6.07, 6.45) is 0.569. The molecular formula is C16H19NO3. The van der Waals surface area contributed by atoms with Gasteiger partial charge in [-0.25, -0.2) is 0 Å². The van der Waals surface area contributed by atoms with Crippen LogP contribution in [0.15, 0.2) is 48.5 Å². The van der Waals surface area contributed by atoms with Gasteiger partial charge in [0.15, 0.2) is 0 Å². The monoisotopic (exact) mass is 273 g/mol. The predicted molar refractivity (Wildman–Crippen MR) is 78.3 cm³/mol. The molecule has 4 heteroatoms. The maximum absolute atomic E-state index is 9.06. The van der Waals surface area contributed by atoms with Crippen LogP contribution in [0.5, 0.6) is 17.2 Å². The average Bonchev–Trinajstić information content (AvgIpc) is 2.48. The van der Waals surface area contributed by atoms with Crippen molar-refractivity contribution in [2.24, 2.45) is 5.73 Å². The van der Waals surface area contributed by atoms with E-state index in [0.29, 0.717) is 25.3 Å². The van der Waals surface area contributed by atoms with Gasteiger partial charge in [-0.1, -0.05) is 24.3 Å². The van der Waals surface area contributed by atoms with E-state index in [4.69, 9.17) is 20.3 Å².